The minimum Gasteiger partial charge on any atom is -0.423 e. The van der Waals surface area contributed by atoms with E-state index >= 15 is 0 Å². The smallest absolute Gasteiger partial charge is 0.423 e. The maximum absolute atomic E-state index is 14.5. The van der Waals surface area contributed by atoms with Gasteiger partial charge in [-0.3, -0.25) is 24.4 Å². The van der Waals surface area contributed by atoms with Gasteiger partial charge in [-0.2, -0.15) is 26.3 Å². The van der Waals surface area contributed by atoms with Crippen molar-refractivity contribution in [3.63, 3.8) is 0 Å². The quantitative estimate of drug-likeness (QED) is 0.0114. The number of aryl methyl sites for hydroxylation is 1. The predicted octanol–water partition coefficient (Wildman–Crippen LogP) is 11.6. The van der Waals surface area contributed by atoms with Crippen LogP contribution >= 0.6 is 0 Å². The highest BCUT2D eigenvalue weighted by Gasteiger charge is 2.40. The van der Waals surface area contributed by atoms with Gasteiger partial charge in [0.1, 0.15) is 8.07 Å². The van der Waals surface area contributed by atoms with E-state index in [0.29, 0.717) is 30.4 Å². The molecule has 0 saturated carbocycles. The SMILES string of the molecule is C=C(C)C(=O)CCCCN(Cc1cc(C(F)(F)F)ccc1B(O)O)Cc1c2ccccc2c(CN(CCCNC(=O)C(=C)C)Cc2cc(C(F)(F)F)ccc2B(O)O)c2ccc(-c3ccc(C)c(C4=C5C=CC(=NC)C=C5[Si](C)(C)c5cc(NC)ccc54)c3)cc12. The van der Waals surface area contributed by atoms with Crippen LogP contribution in [0.15, 0.2) is 174 Å². The number of rotatable bonds is 24. The highest BCUT2D eigenvalue weighted by atomic mass is 28.3. The Morgan fingerprint density at radius 3 is 1.75 bits per heavy atom. The molecule has 0 unspecified atom stereocenters. The number of unbranched alkanes of at least 4 members (excludes halogenated alkanes) is 1. The number of hydrogen-bond donors (Lipinski definition) is 6. The summed E-state index contributed by atoms with van der Waals surface area (Å²) in [4.78, 5) is 34.0. The van der Waals surface area contributed by atoms with Crippen LogP contribution in [0.4, 0.5) is 32.0 Å². The van der Waals surface area contributed by atoms with E-state index < -0.39 is 45.8 Å². The van der Waals surface area contributed by atoms with E-state index in [-0.39, 0.29) is 86.0 Å². The van der Waals surface area contributed by atoms with Crippen LogP contribution in [0, 0.1) is 6.92 Å². The number of carbonyl (C=O) groups excluding carboxylic acids is 2. The molecule has 91 heavy (non-hydrogen) atoms. The number of carbonyl (C=O) groups is 2. The second-order valence-corrected chi connectivity index (χ2v) is 28.6. The monoisotopic (exact) mass is 1260 g/mol. The number of allylic oxidation sites excluding steroid dienone is 6. The van der Waals surface area contributed by atoms with Gasteiger partial charge in [0.05, 0.1) is 16.8 Å². The summed E-state index contributed by atoms with van der Waals surface area (Å²) < 4.78 is 86.9. The number of hydrogen-bond acceptors (Lipinski definition) is 10. The van der Waals surface area contributed by atoms with Crippen LogP contribution in [0.25, 0.3) is 38.2 Å². The molecule has 7 aromatic rings. The zero-order valence-electron chi connectivity index (χ0n) is 52.3. The van der Waals surface area contributed by atoms with Gasteiger partial charge in [0.15, 0.2) is 5.78 Å². The fourth-order valence-corrected chi connectivity index (χ4v) is 15.6. The molecule has 1 amide bonds. The first kappa shape index (κ1) is 67.4. The Kier molecular flexibility index (Phi) is 20.7. The fraction of sp³-hybridized carbons (Fsp3) is 0.282. The molecule has 11 nitrogen and oxygen atoms in total. The second kappa shape index (κ2) is 27.9. The number of amides is 1. The highest BCUT2D eigenvalue weighted by Crippen LogP contribution is 2.45. The normalized spacial score (nSPS) is 14.3. The van der Waals surface area contributed by atoms with Crippen molar-refractivity contribution in [1.29, 1.82) is 0 Å². The van der Waals surface area contributed by atoms with E-state index in [0.717, 1.165) is 119 Å². The molecular weight excluding hydrogens is 1180 g/mol. The van der Waals surface area contributed by atoms with Crippen molar-refractivity contribution in [2.24, 2.45) is 4.99 Å². The molecule has 0 bridgehead atoms. The minimum absolute atomic E-state index is 0.0244. The number of benzene rings is 7. The van der Waals surface area contributed by atoms with Crippen LogP contribution < -0.4 is 26.7 Å². The molecule has 1 aliphatic carbocycles. The predicted molar refractivity (Wildman–Crippen MR) is 358 cm³/mol. The molecule has 0 saturated heterocycles. The summed E-state index contributed by atoms with van der Waals surface area (Å²) in [5.41, 5.74) is 9.08. The lowest BCUT2D eigenvalue weighted by molar-refractivity contribution is -0.138. The summed E-state index contributed by atoms with van der Waals surface area (Å²) in [7, 11) is -2.83. The van der Waals surface area contributed by atoms with Gasteiger partial charge in [-0.05, 0) is 205 Å². The largest absolute Gasteiger partial charge is 0.488 e. The topological polar surface area (TPSA) is 158 Å². The molecule has 9 rings (SSSR count). The first-order valence-electron chi connectivity index (χ1n) is 30.3. The molecule has 0 fully saturated rings. The second-order valence-electron chi connectivity index (χ2n) is 24.3. The first-order valence-corrected chi connectivity index (χ1v) is 33.3. The van der Waals surface area contributed by atoms with E-state index in [1.165, 1.54) is 10.4 Å². The summed E-state index contributed by atoms with van der Waals surface area (Å²) in [6.07, 6.45) is -1.71. The molecule has 7 aromatic carbocycles. The van der Waals surface area contributed by atoms with E-state index in [1.807, 2.05) is 59.3 Å². The number of halogens is 6. The van der Waals surface area contributed by atoms with Crippen molar-refractivity contribution >= 4 is 88.6 Å². The molecule has 20 heteroatoms. The zero-order valence-corrected chi connectivity index (χ0v) is 53.3. The van der Waals surface area contributed by atoms with Crippen LogP contribution in [0.5, 0.6) is 0 Å². The van der Waals surface area contributed by atoms with Gasteiger partial charge >= 0.3 is 26.6 Å². The minimum atomic E-state index is -4.76. The molecule has 1 heterocycles. The number of nitrogens with zero attached hydrogens (tertiary/aromatic N) is 3. The Labute approximate surface area is 529 Å². The Bertz CT molecular complexity index is 4140. The van der Waals surface area contributed by atoms with Crippen LogP contribution in [0.1, 0.15) is 89.6 Å². The van der Waals surface area contributed by atoms with Crippen molar-refractivity contribution in [2.75, 3.05) is 39.0 Å². The Balaban J connectivity index is 1.27. The van der Waals surface area contributed by atoms with Crippen molar-refractivity contribution < 1.29 is 56.0 Å². The summed E-state index contributed by atoms with van der Waals surface area (Å²) in [6.45, 7) is 18.1. The van der Waals surface area contributed by atoms with E-state index in [9.17, 15) is 56.0 Å². The number of anilines is 1. The fourth-order valence-electron chi connectivity index (χ4n) is 12.6. The summed E-state index contributed by atoms with van der Waals surface area (Å²) in [6, 6.07) is 32.3. The van der Waals surface area contributed by atoms with Gasteiger partial charge in [0.25, 0.3) is 0 Å². The van der Waals surface area contributed by atoms with Crippen molar-refractivity contribution in [3.05, 3.63) is 219 Å². The Hall–Kier alpha value is -7.94. The maximum Gasteiger partial charge on any atom is 0.488 e. The zero-order chi connectivity index (χ0) is 65.9. The average Bonchev–Trinajstić information content (AvgIpc) is 0.729. The molecule has 2 aliphatic rings. The standard InChI is InChI=1S/C71H75B2F6N5O6Si/c1-43(2)65(85)17-12-13-31-83(39-48-33-50(70(74,75)76)21-28-63(48)72(87)88)42-62-55-16-11-10-15-54(55)61(41-84(32-14-30-82-69(86)44(3)4)40-49-34-51(71(77,78)79)22-29-64(49)73(89)90)56-25-20-47(36-60(56)62)46-19-18-45(5)59(35-46)68-57-26-23-52(80-6)37-66(57)91(8,9)67-38-53(81-7)24-27-58(67)68/h10-11,15-16,18-29,33-38,80,87-90H,1,3,12-14,17,30-32,39-42H2,2,4-9H3,(H,82,86). The number of Topliss-reactive ketones (excluding diaryl/α,β-unsaturated/α-hetero) is 1. The first-order chi connectivity index (χ1) is 43.1. The van der Waals surface area contributed by atoms with Crippen LogP contribution in [-0.2, 0) is 48.1 Å². The van der Waals surface area contributed by atoms with Crippen LogP contribution in [0.3, 0.4) is 0 Å². The summed E-state index contributed by atoms with van der Waals surface area (Å²) in [5, 5.41) is 54.1. The van der Waals surface area contributed by atoms with Crippen molar-refractivity contribution in [3.8, 4) is 11.1 Å². The number of ketones is 1. The summed E-state index contributed by atoms with van der Waals surface area (Å²) in [5.74, 6) is -0.490. The third kappa shape index (κ3) is 15.0. The lowest BCUT2D eigenvalue weighted by Gasteiger charge is -2.38. The van der Waals surface area contributed by atoms with Gasteiger partial charge in [-0.1, -0.05) is 111 Å². The lowest BCUT2D eigenvalue weighted by Crippen LogP contribution is -2.49. The molecular formula is C71H75B2F6N5O6Si. The molecule has 0 aromatic heterocycles. The highest BCUT2D eigenvalue weighted by molar-refractivity contribution is 6.98. The Morgan fingerprint density at radius 2 is 1.20 bits per heavy atom. The third-order valence-electron chi connectivity index (χ3n) is 17.5. The van der Waals surface area contributed by atoms with E-state index in [2.05, 4.69) is 103 Å². The van der Waals surface area contributed by atoms with Gasteiger partial charge < -0.3 is 30.7 Å². The van der Waals surface area contributed by atoms with Gasteiger partial charge in [-0.15, -0.1) is 0 Å². The van der Waals surface area contributed by atoms with Crippen LogP contribution in [0.2, 0.25) is 13.1 Å². The molecule has 0 atom stereocenters. The number of aliphatic imine (C=N–C) groups is 1. The number of nitrogens with one attached hydrogen (secondary N) is 2. The van der Waals surface area contributed by atoms with Gasteiger partial charge in [-0.25, -0.2) is 0 Å². The van der Waals surface area contributed by atoms with Crippen molar-refractivity contribution in [1.82, 2.24) is 15.1 Å². The van der Waals surface area contributed by atoms with E-state index in [4.69, 9.17) is 0 Å². The number of fused-ring (bicyclic) bond motifs is 4. The molecule has 1 aliphatic heterocycles. The van der Waals surface area contributed by atoms with Gasteiger partial charge in [0, 0.05) is 71.0 Å². The van der Waals surface area contributed by atoms with E-state index in [1.54, 1.807) is 20.9 Å². The molecule has 472 valence electrons. The summed E-state index contributed by atoms with van der Waals surface area (Å²) >= 11 is 0. The third-order valence-corrected chi connectivity index (χ3v) is 21.0. The molecule has 6 N–H and O–H groups in total. The van der Waals surface area contributed by atoms with Crippen molar-refractivity contribution in [2.45, 2.75) is 98.1 Å². The Morgan fingerprint density at radius 1 is 0.637 bits per heavy atom. The molecule has 0 spiro atoms. The lowest BCUT2D eigenvalue weighted by atomic mass is 9.76. The number of alkyl halides is 6. The maximum atomic E-state index is 14.5. The van der Waals surface area contributed by atoms with Gasteiger partial charge in [0.2, 0.25) is 5.91 Å². The van der Waals surface area contributed by atoms with Crippen LogP contribution in [-0.4, -0.2) is 103 Å². The average molecular weight is 1260 g/mol. The molecule has 0 radical (unpaired) electrons.